The molecule has 1 aromatic rings. The summed E-state index contributed by atoms with van der Waals surface area (Å²) in [6, 6.07) is 5.84. The van der Waals surface area contributed by atoms with Crippen molar-refractivity contribution >= 4 is 6.08 Å². The van der Waals surface area contributed by atoms with Crippen molar-refractivity contribution in [3.05, 3.63) is 42.0 Å². The summed E-state index contributed by atoms with van der Waals surface area (Å²) in [5.74, 6) is 1.48. The van der Waals surface area contributed by atoms with Crippen molar-refractivity contribution in [1.82, 2.24) is 0 Å². The van der Waals surface area contributed by atoms with Gasteiger partial charge in [-0.1, -0.05) is 45.6 Å². The number of hydrogen-bond donors (Lipinski definition) is 0. The van der Waals surface area contributed by atoms with Crippen molar-refractivity contribution in [1.29, 1.82) is 0 Å². The molecule has 1 rings (SSSR count). The summed E-state index contributed by atoms with van der Waals surface area (Å²) in [7, 11) is 3.27. The zero-order valence-corrected chi connectivity index (χ0v) is 11.9. The molecule has 0 radical (unpaired) electrons. The molecule has 0 aromatic heterocycles. The molecule has 18 heavy (non-hydrogen) atoms. The third-order valence-corrected chi connectivity index (χ3v) is 2.85. The van der Waals surface area contributed by atoms with Gasteiger partial charge in [-0.3, -0.25) is 0 Å². The second-order valence-corrected chi connectivity index (χ2v) is 5.22. The van der Waals surface area contributed by atoms with E-state index >= 15 is 0 Å². The molecule has 2 heteroatoms. The molecule has 0 aliphatic heterocycles. The van der Waals surface area contributed by atoms with Gasteiger partial charge in [-0.05, 0) is 28.7 Å². The van der Waals surface area contributed by atoms with E-state index in [-0.39, 0.29) is 5.41 Å². The van der Waals surface area contributed by atoms with E-state index in [1.165, 1.54) is 0 Å². The van der Waals surface area contributed by atoms with Crippen LogP contribution >= 0.6 is 0 Å². The molecule has 1 aromatic carbocycles. The number of ether oxygens (including phenoxy) is 2. The lowest BCUT2D eigenvalue weighted by Crippen LogP contribution is -2.05. The number of rotatable bonds is 4. The van der Waals surface area contributed by atoms with Crippen molar-refractivity contribution in [2.24, 2.45) is 5.41 Å². The Morgan fingerprint density at radius 3 is 2.22 bits per heavy atom. The summed E-state index contributed by atoms with van der Waals surface area (Å²) >= 11 is 0. The summed E-state index contributed by atoms with van der Waals surface area (Å²) in [5, 5.41) is 0. The molecule has 0 saturated heterocycles. The van der Waals surface area contributed by atoms with Crippen LogP contribution in [0.2, 0.25) is 0 Å². The smallest absolute Gasteiger partial charge is 0.161 e. The lowest BCUT2D eigenvalue weighted by molar-refractivity contribution is 0.355. The minimum Gasteiger partial charge on any atom is -0.493 e. The van der Waals surface area contributed by atoms with Crippen molar-refractivity contribution in [3.63, 3.8) is 0 Å². The van der Waals surface area contributed by atoms with Gasteiger partial charge in [-0.25, -0.2) is 0 Å². The van der Waals surface area contributed by atoms with Crippen molar-refractivity contribution in [2.45, 2.75) is 20.8 Å². The van der Waals surface area contributed by atoms with Crippen LogP contribution in [-0.4, -0.2) is 14.2 Å². The monoisotopic (exact) mass is 246 g/mol. The first kappa shape index (κ1) is 14.4. The first-order chi connectivity index (χ1) is 8.38. The Hall–Kier alpha value is -1.70. The molecule has 0 heterocycles. The summed E-state index contributed by atoms with van der Waals surface area (Å²) in [4.78, 5) is 0. The lowest BCUT2D eigenvalue weighted by Gasteiger charge is -2.18. The molecular formula is C16H22O2. The Bertz CT molecular complexity index is 451. The van der Waals surface area contributed by atoms with Crippen molar-refractivity contribution in [3.8, 4) is 11.5 Å². The predicted octanol–water partition coefficient (Wildman–Crippen LogP) is 4.32. The topological polar surface area (TPSA) is 18.5 Å². The Labute approximate surface area is 110 Å². The number of methoxy groups -OCH3 is 2. The second kappa shape index (κ2) is 5.76. The fourth-order valence-electron chi connectivity index (χ4n) is 1.40. The third kappa shape index (κ3) is 3.66. The van der Waals surface area contributed by atoms with Gasteiger partial charge < -0.3 is 9.47 Å². The lowest BCUT2D eigenvalue weighted by atomic mass is 9.87. The Morgan fingerprint density at radius 2 is 1.72 bits per heavy atom. The average Bonchev–Trinajstić information content (AvgIpc) is 2.34. The molecule has 0 bridgehead atoms. The minimum atomic E-state index is 0.0903. The van der Waals surface area contributed by atoms with E-state index in [1.54, 1.807) is 14.2 Å². The molecule has 2 nitrogen and oxygen atoms in total. The van der Waals surface area contributed by atoms with E-state index in [9.17, 15) is 0 Å². The standard InChI is InChI=1S/C16H22O2/c1-12(16(2,3)4)7-8-13-9-10-14(17-5)15(11-13)18-6/h7-11H,1H2,2-6H3/b8-7+. The minimum absolute atomic E-state index is 0.0903. The molecule has 0 spiro atoms. The zero-order chi connectivity index (χ0) is 13.8. The van der Waals surface area contributed by atoms with Gasteiger partial charge >= 0.3 is 0 Å². The number of benzene rings is 1. The van der Waals surface area contributed by atoms with Crippen LogP contribution < -0.4 is 9.47 Å². The highest BCUT2D eigenvalue weighted by Crippen LogP contribution is 2.29. The highest BCUT2D eigenvalue weighted by molar-refractivity contribution is 5.58. The normalized spacial score (nSPS) is 11.6. The SMILES string of the molecule is C=C(/C=C/c1ccc(OC)c(OC)c1)C(C)(C)C. The van der Waals surface area contributed by atoms with Gasteiger partial charge in [0.2, 0.25) is 0 Å². The van der Waals surface area contributed by atoms with Crippen LogP contribution in [0, 0.1) is 5.41 Å². The van der Waals surface area contributed by atoms with Crippen LogP contribution in [-0.2, 0) is 0 Å². The zero-order valence-electron chi connectivity index (χ0n) is 11.9. The van der Waals surface area contributed by atoms with Crippen LogP contribution in [0.4, 0.5) is 0 Å². The third-order valence-electron chi connectivity index (χ3n) is 2.85. The highest BCUT2D eigenvalue weighted by atomic mass is 16.5. The first-order valence-electron chi connectivity index (χ1n) is 5.98. The summed E-state index contributed by atoms with van der Waals surface area (Å²) in [6.45, 7) is 10.5. The van der Waals surface area contributed by atoms with Crippen LogP contribution in [0.5, 0.6) is 11.5 Å². The molecule has 0 aliphatic rings. The largest absolute Gasteiger partial charge is 0.493 e. The molecule has 0 fully saturated rings. The van der Waals surface area contributed by atoms with Gasteiger partial charge in [0, 0.05) is 0 Å². The summed E-state index contributed by atoms with van der Waals surface area (Å²) in [5.41, 5.74) is 2.25. The first-order valence-corrected chi connectivity index (χ1v) is 5.98. The van der Waals surface area contributed by atoms with Gasteiger partial charge in [0.15, 0.2) is 11.5 Å². The number of allylic oxidation sites excluding steroid dienone is 2. The molecular weight excluding hydrogens is 224 g/mol. The Morgan fingerprint density at radius 1 is 1.11 bits per heavy atom. The van der Waals surface area contributed by atoms with E-state index in [0.717, 1.165) is 22.6 Å². The van der Waals surface area contributed by atoms with Crippen LogP contribution in [0.25, 0.3) is 6.08 Å². The maximum absolute atomic E-state index is 5.27. The fraction of sp³-hybridized carbons (Fsp3) is 0.375. The Kier molecular flexibility index (Phi) is 4.60. The van der Waals surface area contributed by atoms with E-state index in [2.05, 4.69) is 27.4 Å². The maximum Gasteiger partial charge on any atom is 0.161 e. The molecule has 0 aliphatic carbocycles. The quantitative estimate of drug-likeness (QED) is 0.737. The predicted molar refractivity (Wildman–Crippen MR) is 77.2 cm³/mol. The van der Waals surface area contributed by atoms with Gasteiger partial charge in [0.25, 0.3) is 0 Å². The molecule has 0 saturated carbocycles. The molecule has 0 N–H and O–H groups in total. The van der Waals surface area contributed by atoms with E-state index in [0.29, 0.717) is 0 Å². The maximum atomic E-state index is 5.27. The van der Waals surface area contributed by atoms with E-state index < -0.39 is 0 Å². The molecule has 0 amide bonds. The Balaban J connectivity index is 2.92. The van der Waals surface area contributed by atoms with Crippen LogP contribution in [0.1, 0.15) is 26.3 Å². The fourth-order valence-corrected chi connectivity index (χ4v) is 1.40. The summed E-state index contributed by atoms with van der Waals surface area (Å²) < 4.78 is 10.5. The van der Waals surface area contributed by atoms with Crippen LogP contribution in [0.15, 0.2) is 36.4 Å². The van der Waals surface area contributed by atoms with Gasteiger partial charge in [-0.15, -0.1) is 0 Å². The molecule has 98 valence electrons. The summed E-state index contributed by atoms with van der Waals surface area (Å²) in [6.07, 6.45) is 4.08. The molecule has 0 atom stereocenters. The van der Waals surface area contributed by atoms with E-state index in [4.69, 9.17) is 9.47 Å². The average molecular weight is 246 g/mol. The second-order valence-electron chi connectivity index (χ2n) is 5.22. The number of hydrogen-bond acceptors (Lipinski definition) is 2. The van der Waals surface area contributed by atoms with Gasteiger partial charge in [0.1, 0.15) is 0 Å². The van der Waals surface area contributed by atoms with E-state index in [1.807, 2.05) is 30.4 Å². The van der Waals surface area contributed by atoms with Crippen molar-refractivity contribution in [2.75, 3.05) is 14.2 Å². The molecule has 0 unspecified atom stereocenters. The van der Waals surface area contributed by atoms with Crippen LogP contribution in [0.3, 0.4) is 0 Å². The van der Waals surface area contributed by atoms with Gasteiger partial charge in [-0.2, -0.15) is 0 Å². The van der Waals surface area contributed by atoms with Crippen molar-refractivity contribution < 1.29 is 9.47 Å². The van der Waals surface area contributed by atoms with Gasteiger partial charge in [0.05, 0.1) is 14.2 Å². The highest BCUT2D eigenvalue weighted by Gasteiger charge is 2.11.